The van der Waals surface area contributed by atoms with Crippen LogP contribution in [0.3, 0.4) is 0 Å². The van der Waals surface area contributed by atoms with Gasteiger partial charge in [-0.25, -0.2) is 0 Å². The van der Waals surface area contributed by atoms with Crippen molar-refractivity contribution in [2.45, 2.75) is 13.5 Å². The largest absolute Gasteiger partial charge is 0.396 e. The number of rotatable bonds is 3. The highest BCUT2D eigenvalue weighted by Crippen LogP contribution is 2.30. The molecule has 5 heteroatoms. The van der Waals surface area contributed by atoms with Crippen LogP contribution in [0.4, 0.5) is 11.4 Å². The molecule has 0 bridgehead atoms. The van der Waals surface area contributed by atoms with E-state index < -0.39 is 0 Å². The summed E-state index contributed by atoms with van der Waals surface area (Å²) in [4.78, 5) is 6.36. The minimum atomic E-state index is 0.646. The third kappa shape index (κ3) is 2.18. The third-order valence-electron chi connectivity index (χ3n) is 3.29. The van der Waals surface area contributed by atoms with E-state index in [1.54, 1.807) is 6.20 Å². The average molecular weight is 268 g/mol. The smallest absolute Gasteiger partial charge is 0.133 e. The molecule has 0 spiro atoms. The predicted molar refractivity (Wildman–Crippen MR) is 79.5 cm³/mol. The SMILES string of the molecule is Cc1cc(CN(C)c2ccc3ncccc3c2N)no1. The summed E-state index contributed by atoms with van der Waals surface area (Å²) in [5.74, 6) is 0.809. The summed E-state index contributed by atoms with van der Waals surface area (Å²) in [6.45, 7) is 2.53. The second-order valence-electron chi connectivity index (χ2n) is 4.85. The molecule has 2 N–H and O–H groups in total. The highest BCUT2D eigenvalue weighted by molar-refractivity contribution is 5.97. The number of anilines is 2. The Bertz CT molecular complexity index is 750. The average Bonchev–Trinajstić information content (AvgIpc) is 2.84. The molecule has 102 valence electrons. The van der Waals surface area contributed by atoms with Crippen LogP contribution in [0.15, 0.2) is 41.1 Å². The van der Waals surface area contributed by atoms with Crippen molar-refractivity contribution in [3.8, 4) is 0 Å². The van der Waals surface area contributed by atoms with Crippen molar-refractivity contribution in [1.29, 1.82) is 0 Å². The Kier molecular flexibility index (Phi) is 3.02. The van der Waals surface area contributed by atoms with Crippen LogP contribution in [0.5, 0.6) is 0 Å². The van der Waals surface area contributed by atoms with Crippen LogP contribution in [0.2, 0.25) is 0 Å². The molecule has 2 aromatic heterocycles. The van der Waals surface area contributed by atoms with Crippen LogP contribution in [-0.4, -0.2) is 17.2 Å². The summed E-state index contributed by atoms with van der Waals surface area (Å²) in [6, 6.07) is 9.76. The van der Waals surface area contributed by atoms with Crippen LogP contribution in [-0.2, 0) is 6.54 Å². The van der Waals surface area contributed by atoms with Gasteiger partial charge in [-0.1, -0.05) is 5.16 Å². The first-order valence-electron chi connectivity index (χ1n) is 6.41. The molecule has 0 unspecified atom stereocenters. The van der Waals surface area contributed by atoms with Gasteiger partial charge < -0.3 is 15.2 Å². The van der Waals surface area contributed by atoms with E-state index in [1.165, 1.54) is 0 Å². The highest BCUT2D eigenvalue weighted by atomic mass is 16.5. The molecular formula is C15H16N4O. The molecule has 1 aromatic carbocycles. The first-order chi connectivity index (χ1) is 9.65. The Labute approximate surface area is 117 Å². The van der Waals surface area contributed by atoms with Crippen LogP contribution in [0, 0.1) is 6.92 Å². The molecule has 2 heterocycles. The second-order valence-corrected chi connectivity index (χ2v) is 4.85. The maximum atomic E-state index is 6.25. The Morgan fingerprint density at radius 3 is 2.90 bits per heavy atom. The monoisotopic (exact) mass is 268 g/mol. The molecule has 0 atom stereocenters. The van der Waals surface area contributed by atoms with Gasteiger partial charge in [-0.3, -0.25) is 4.98 Å². The Morgan fingerprint density at radius 2 is 2.15 bits per heavy atom. The van der Waals surface area contributed by atoms with E-state index in [0.717, 1.165) is 33.7 Å². The molecule has 3 rings (SSSR count). The quantitative estimate of drug-likeness (QED) is 0.740. The van der Waals surface area contributed by atoms with E-state index in [9.17, 15) is 0 Å². The van der Waals surface area contributed by atoms with E-state index in [0.29, 0.717) is 6.54 Å². The standard InChI is InChI=1S/C15H16N4O/c1-10-8-11(18-20-10)9-19(2)14-6-5-13-12(15(14)16)4-3-7-17-13/h3-8H,9,16H2,1-2H3. The van der Waals surface area contributed by atoms with E-state index in [1.807, 2.05) is 44.3 Å². The van der Waals surface area contributed by atoms with Crippen molar-refractivity contribution in [2.75, 3.05) is 17.7 Å². The van der Waals surface area contributed by atoms with E-state index in [4.69, 9.17) is 10.3 Å². The lowest BCUT2D eigenvalue weighted by Gasteiger charge is -2.20. The van der Waals surface area contributed by atoms with Gasteiger partial charge in [-0.15, -0.1) is 0 Å². The highest BCUT2D eigenvalue weighted by Gasteiger charge is 2.11. The fourth-order valence-electron chi connectivity index (χ4n) is 2.32. The van der Waals surface area contributed by atoms with Gasteiger partial charge in [0.25, 0.3) is 0 Å². The van der Waals surface area contributed by atoms with E-state index in [2.05, 4.69) is 15.0 Å². The number of nitrogen functional groups attached to an aromatic ring is 1. The molecule has 0 amide bonds. The number of pyridine rings is 1. The summed E-state index contributed by atoms with van der Waals surface area (Å²) in [6.07, 6.45) is 1.77. The summed E-state index contributed by atoms with van der Waals surface area (Å²) in [5, 5.41) is 4.97. The van der Waals surface area contributed by atoms with Crippen LogP contribution in [0.25, 0.3) is 10.9 Å². The van der Waals surface area contributed by atoms with Crippen molar-refractivity contribution in [2.24, 2.45) is 0 Å². The Morgan fingerprint density at radius 1 is 1.30 bits per heavy atom. The van der Waals surface area contributed by atoms with Gasteiger partial charge in [0.1, 0.15) is 11.5 Å². The number of nitrogens with zero attached hydrogens (tertiary/aromatic N) is 3. The molecular weight excluding hydrogens is 252 g/mol. The normalized spacial score (nSPS) is 10.9. The zero-order valence-corrected chi connectivity index (χ0v) is 11.5. The predicted octanol–water partition coefficient (Wildman–Crippen LogP) is 2.75. The van der Waals surface area contributed by atoms with Crippen molar-refractivity contribution in [1.82, 2.24) is 10.1 Å². The molecule has 0 fully saturated rings. The molecule has 0 aliphatic carbocycles. The van der Waals surface area contributed by atoms with Gasteiger partial charge in [-0.2, -0.15) is 0 Å². The number of aryl methyl sites for hydroxylation is 1. The van der Waals surface area contributed by atoms with Crippen LogP contribution in [0.1, 0.15) is 11.5 Å². The van der Waals surface area contributed by atoms with Crippen molar-refractivity contribution in [3.05, 3.63) is 48.0 Å². The fraction of sp³-hybridized carbons (Fsp3) is 0.200. The molecule has 20 heavy (non-hydrogen) atoms. The first kappa shape index (κ1) is 12.5. The number of hydrogen-bond donors (Lipinski definition) is 1. The van der Waals surface area contributed by atoms with Gasteiger partial charge in [0.05, 0.1) is 23.4 Å². The fourth-order valence-corrected chi connectivity index (χ4v) is 2.32. The van der Waals surface area contributed by atoms with Crippen LogP contribution >= 0.6 is 0 Å². The van der Waals surface area contributed by atoms with Crippen molar-refractivity contribution >= 4 is 22.3 Å². The summed E-state index contributed by atoms with van der Waals surface area (Å²) < 4.78 is 5.08. The van der Waals surface area contributed by atoms with Crippen molar-refractivity contribution < 1.29 is 4.52 Å². The van der Waals surface area contributed by atoms with Gasteiger partial charge in [0.15, 0.2) is 0 Å². The summed E-state index contributed by atoms with van der Waals surface area (Å²) in [7, 11) is 1.98. The maximum absolute atomic E-state index is 6.25. The Balaban J connectivity index is 1.95. The lowest BCUT2D eigenvalue weighted by Crippen LogP contribution is -2.18. The zero-order valence-electron chi connectivity index (χ0n) is 11.5. The summed E-state index contributed by atoms with van der Waals surface area (Å²) >= 11 is 0. The Hall–Kier alpha value is -2.56. The van der Waals surface area contributed by atoms with Gasteiger partial charge >= 0.3 is 0 Å². The molecule has 0 saturated carbocycles. The topological polar surface area (TPSA) is 68.2 Å². The van der Waals surface area contributed by atoms with E-state index in [-0.39, 0.29) is 0 Å². The number of aromatic nitrogens is 2. The molecule has 0 radical (unpaired) electrons. The first-order valence-corrected chi connectivity index (χ1v) is 6.41. The maximum Gasteiger partial charge on any atom is 0.133 e. The number of fused-ring (bicyclic) bond motifs is 1. The number of nitrogens with two attached hydrogens (primary N) is 1. The van der Waals surface area contributed by atoms with Gasteiger partial charge in [0.2, 0.25) is 0 Å². The molecule has 5 nitrogen and oxygen atoms in total. The minimum Gasteiger partial charge on any atom is -0.396 e. The van der Waals surface area contributed by atoms with Crippen LogP contribution < -0.4 is 10.6 Å². The molecule has 0 aliphatic rings. The molecule has 0 aliphatic heterocycles. The zero-order chi connectivity index (χ0) is 14.1. The lowest BCUT2D eigenvalue weighted by molar-refractivity contribution is 0.390. The number of hydrogen-bond acceptors (Lipinski definition) is 5. The molecule has 3 aromatic rings. The van der Waals surface area contributed by atoms with Crippen molar-refractivity contribution in [3.63, 3.8) is 0 Å². The lowest BCUT2D eigenvalue weighted by atomic mass is 10.1. The van der Waals surface area contributed by atoms with E-state index >= 15 is 0 Å². The van der Waals surface area contributed by atoms with Gasteiger partial charge in [0, 0.05) is 24.7 Å². The number of benzene rings is 1. The van der Waals surface area contributed by atoms with Gasteiger partial charge in [-0.05, 0) is 31.2 Å². The summed E-state index contributed by atoms with van der Waals surface area (Å²) in [5.41, 5.74) is 9.74. The minimum absolute atomic E-state index is 0.646. The third-order valence-corrected chi connectivity index (χ3v) is 3.29. The second kappa shape index (κ2) is 4.85. The molecule has 0 saturated heterocycles.